The molecule has 6 atom stereocenters. The molecule has 2 aliphatic carbocycles. The van der Waals surface area contributed by atoms with Crippen LogP contribution in [-0.4, -0.2) is 28.6 Å². The molecule has 0 radical (unpaired) electrons. The lowest BCUT2D eigenvalue weighted by atomic mass is 9.53. The van der Waals surface area contributed by atoms with Crippen LogP contribution in [0, 0.1) is 23.2 Å². The first kappa shape index (κ1) is 12.9. The van der Waals surface area contributed by atoms with E-state index in [0.717, 1.165) is 6.42 Å². The molecule has 0 bridgehead atoms. The van der Waals surface area contributed by atoms with Crippen LogP contribution < -0.4 is 0 Å². The van der Waals surface area contributed by atoms with Crippen molar-refractivity contribution in [1.29, 1.82) is 0 Å². The molecule has 1 heterocycles. The quantitative estimate of drug-likeness (QED) is 0.673. The van der Waals surface area contributed by atoms with Crippen LogP contribution in [0.3, 0.4) is 0 Å². The number of hydrogen-bond acceptors (Lipinski definition) is 4. The Morgan fingerprint density at radius 1 is 1.37 bits per heavy atom. The molecule has 4 nitrogen and oxygen atoms in total. The maximum Gasteiger partial charge on any atom is 0.309 e. The van der Waals surface area contributed by atoms with Gasteiger partial charge in [0.15, 0.2) is 5.78 Å². The summed E-state index contributed by atoms with van der Waals surface area (Å²) >= 11 is 0. The van der Waals surface area contributed by atoms with E-state index in [9.17, 15) is 14.7 Å². The van der Waals surface area contributed by atoms with Crippen LogP contribution >= 0.6 is 0 Å². The molecule has 0 spiro atoms. The number of carbonyl (C=O) groups is 2. The van der Waals surface area contributed by atoms with E-state index in [1.165, 1.54) is 6.08 Å². The Hall–Kier alpha value is -1.16. The fourth-order valence-electron chi connectivity index (χ4n) is 4.29. The van der Waals surface area contributed by atoms with Gasteiger partial charge in [-0.05, 0) is 31.9 Å². The normalized spacial score (nSPS) is 52.6. The van der Waals surface area contributed by atoms with Crippen molar-refractivity contribution in [2.45, 2.75) is 45.3 Å². The van der Waals surface area contributed by atoms with E-state index >= 15 is 0 Å². The Morgan fingerprint density at radius 2 is 2.05 bits per heavy atom. The number of fused-ring (bicyclic) bond motifs is 3. The van der Waals surface area contributed by atoms with Crippen LogP contribution in [0.15, 0.2) is 12.2 Å². The van der Waals surface area contributed by atoms with Crippen LogP contribution in [0.2, 0.25) is 0 Å². The highest BCUT2D eigenvalue weighted by atomic mass is 16.6. The predicted octanol–water partition coefficient (Wildman–Crippen LogP) is 1.47. The summed E-state index contributed by atoms with van der Waals surface area (Å²) in [7, 11) is 0. The van der Waals surface area contributed by atoms with Crippen molar-refractivity contribution in [2.24, 2.45) is 23.2 Å². The SMILES string of the molecule is C[C@@H]1C(=O)OC2[C@H]1CC[C@@]1(C)C(=O)C=C[C@@](C)(O)[C@H]21. The van der Waals surface area contributed by atoms with Crippen molar-refractivity contribution < 1.29 is 19.4 Å². The van der Waals surface area contributed by atoms with Gasteiger partial charge >= 0.3 is 5.97 Å². The van der Waals surface area contributed by atoms with Crippen molar-refractivity contribution >= 4 is 11.8 Å². The topological polar surface area (TPSA) is 63.6 Å². The Morgan fingerprint density at radius 3 is 2.74 bits per heavy atom. The molecule has 1 unspecified atom stereocenters. The third-order valence-corrected chi connectivity index (χ3v) is 5.46. The lowest BCUT2D eigenvalue weighted by Crippen LogP contribution is -2.59. The van der Waals surface area contributed by atoms with Crippen molar-refractivity contribution in [3.8, 4) is 0 Å². The van der Waals surface area contributed by atoms with Gasteiger partial charge in [0.2, 0.25) is 0 Å². The molecule has 19 heavy (non-hydrogen) atoms. The van der Waals surface area contributed by atoms with Gasteiger partial charge < -0.3 is 9.84 Å². The maximum absolute atomic E-state index is 12.3. The standard InChI is InChI=1S/C15H20O4/c1-8-9-4-6-14(2)10(16)5-7-15(3,18)12(14)11(9)19-13(8)17/h5,7-9,11-12,18H,4,6H2,1-3H3/t8-,9-,11?,12+,14-,15+/m0/s1. The lowest BCUT2D eigenvalue weighted by Gasteiger charge is -2.52. The summed E-state index contributed by atoms with van der Waals surface area (Å²) in [5, 5.41) is 10.6. The average Bonchev–Trinajstić information content (AvgIpc) is 2.60. The summed E-state index contributed by atoms with van der Waals surface area (Å²) in [6.45, 7) is 5.48. The van der Waals surface area contributed by atoms with Crippen LogP contribution in [0.4, 0.5) is 0 Å². The fourth-order valence-corrected chi connectivity index (χ4v) is 4.29. The highest BCUT2D eigenvalue weighted by Crippen LogP contribution is 2.56. The smallest absolute Gasteiger partial charge is 0.309 e. The first-order valence-electron chi connectivity index (χ1n) is 6.94. The highest BCUT2D eigenvalue weighted by molar-refractivity contribution is 5.96. The summed E-state index contributed by atoms with van der Waals surface area (Å²) < 4.78 is 5.51. The van der Waals surface area contributed by atoms with Crippen LogP contribution in [0.1, 0.15) is 33.6 Å². The van der Waals surface area contributed by atoms with E-state index < -0.39 is 11.0 Å². The molecule has 0 aromatic heterocycles. The van der Waals surface area contributed by atoms with Crippen molar-refractivity contribution in [3.05, 3.63) is 12.2 Å². The molecular weight excluding hydrogens is 244 g/mol. The van der Waals surface area contributed by atoms with Crippen molar-refractivity contribution in [2.75, 3.05) is 0 Å². The van der Waals surface area contributed by atoms with Crippen molar-refractivity contribution in [3.63, 3.8) is 0 Å². The second kappa shape index (κ2) is 3.69. The molecule has 1 N–H and O–H groups in total. The van der Waals surface area contributed by atoms with E-state index in [2.05, 4.69) is 0 Å². The zero-order valence-electron chi connectivity index (χ0n) is 11.6. The van der Waals surface area contributed by atoms with E-state index in [1.807, 2.05) is 13.8 Å². The van der Waals surface area contributed by atoms with Crippen LogP contribution in [0.25, 0.3) is 0 Å². The molecule has 3 aliphatic rings. The molecule has 2 fully saturated rings. The summed E-state index contributed by atoms with van der Waals surface area (Å²) in [4.78, 5) is 24.1. The number of ether oxygens (including phenoxy) is 1. The molecular formula is C15H20O4. The highest BCUT2D eigenvalue weighted by Gasteiger charge is 2.62. The first-order chi connectivity index (χ1) is 8.77. The summed E-state index contributed by atoms with van der Waals surface area (Å²) in [6.07, 6.45) is 4.21. The monoisotopic (exact) mass is 264 g/mol. The minimum atomic E-state index is -1.10. The van der Waals surface area contributed by atoms with Crippen molar-refractivity contribution in [1.82, 2.24) is 0 Å². The third kappa shape index (κ3) is 1.55. The van der Waals surface area contributed by atoms with Gasteiger partial charge in [0.05, 0.1) is 11.5 Å². The molecule has 104 valence electrons. The average molecular weight is 264 g/mol. The maximum atomic E-state index is 12.3. The van der Waals surface area contributed by atoms with E-state index in [0.29, 0.717) is 6.42 Å². The van der Waals surface area contributed by atoms with Gasteiger partial charge in [-0.2, -0.15) is 0 Å². The van der Waals surface area contributed by atoms with Gasteiger partial charge in [-0.3, -0.25) is 9.59 Å². The molecule has 0 aromatic rings. The Balaban J connectivity index is 2.07. The summed E-state index contributed by atoms with van der Waals surface area (Å²) in [5.74, 6) is -0.511. The minimum Gasteiger partial charge on any atom is -0.461 e. The third-order valence-electron chi connectivity index (χ3n) is 5.46. The molecule has 1 saturated carbocycles. The number of hydrogen-bond donors (Lipinski definition) is 1. The van der Waals surface area contributed by atoms with E-state index in [-0.39, 0.29) is 35.6 Å². The zero-order valence-corrected chi connectivity index (χ0v) is 11.6. The molecule has 3 rings (SSSR count). The second-order valence-corrected chi connectivity index (χ2v) is 6.71. The van der Waals surface area contributed by atoms with Crippen LogP contribution in [0.5, 0.6) is 0 Å². The molecule has 4 heteroatoms. The summed E-state index contributed by atoms with van der Waals surface area (Å²) in [5.41, 5.74) is -1.72. The fraction of sp³-hybridized carbons (Fsp3) is 0.733. The first-order valence-corrected chi connectivity index (χ1v) is 6.94. The molecule has 0 amide bonds. The van der Waals surface area contributed by atoms with E-state index in [1.54, 1.807) is 13.0 Å². The predicted molar refractivity (Wildman–Crippen MR) is 68.1 cm³/mol. The van der Waals surface area contributed by atoms with Gasteiger partial charge in [-0.25, -0.2) is 0 Å². The van der Waals surface area contributed by atoms with Gasteiger partial charge in [0.1, 0.15) is 6.10 Å². The Bertz CT molecular complexity index is 479. The van der Waals surface area contributed by atoms with Gasteiger partial charge in [0.25, 0.3) is 0 Å². The summed E-state index contributed by atoms with van der Waals surface area (Å²) in [6, 6.07) is 0. The van der Waals surface area contributed by atoms with E-state index in [4.69, 9.17) is 4.74 Å². The molecule has 1 aliphatic heterocycles. The van der Waals surface area contributed by atoms with Gasteiger partial charge in [-0.15, -0.1) is 0 Å². The zero-order chi connectivity index (χ0) is 14.0. The van der Waals surface area contributed by atoms with Gasteiger partial charge in [0, 0.05) is 17.3 Å². The Kier molecular flexibility index (Phi) is 2.50. The second-order valence-electron chi connectivity index (χ2n) is 6.71. The number of carbonyl (C=O) groups excluding carboxylic acids is 2. The number of esters is 1. The number of aliphatic hydroxyl groups is 1. The lowest BCUT2D eigenvalue weighted by molar-refractivity contribution is -0.167. The molecule has 0 aromatic carbocycles. The number of ketones is 1. The Labute approximate surface area is 112 Å². The molecule has 1 saturated heterocycles. The van der Waals surface area contributed by atoms with Crippen LogP contribution in [-0.2, 0) is 14.3 Å². The largest absolute Gasteiger partial charge is 0.461 e. The number of allylic oxidation sites excluding steroid dienone is 1. The number of rotatable bonds is 0. The van der Waals surface area contributed by atoms with Gasteiger partial charge in [-0.1, -0.05) is 13.8 Å². The minimum absolute atomic E-state index is 0.0399.